The number of aromatic hydroxyl groups is 1. The van der Waals surface area contributed by atoms with Gasteiger partial charge < -0.3 is 24.4 Å². The van der Waals surface area contributed by atoms with Gasteiger partial charge in [-0.05, 0) is 65.5 Å². The lowest BCUT2D eigenvalue weighted by Crippen LogP contribution is -2.15. The number of benzene rings is 2. The SMILES string of the molecule is CC(C)(C)CCOC(=O)Cl.CCc1ccc(OC(=O)OCCC(C)(C)C)cc1.OCc1ccc(O)cc1. The second-order valence-electron chi connectivity index (χ2n) is 10.7. The average molecular weight is 539 g/mol. The number of ether oxygens (including phenoxy) is 3. The van der Waals surface area contributed by atoms with Crippen molar-refractivity contribution in [2.75, 3.05) is 13.2 Å². The standard InChI is InChI=1S/C15H22O3.C7H13ClO2.C7H8O2/c1-5-12-6-8-13(9-7-12)18-14(16)17-11-10-15(2,3)4;1-7(2,3)4-5-10-6(8)9;8-5-6-1-3-7(9)4-2-6/h6-9H,5,10-11H2,1-4H3;4-5H2,1-3H3;1-4,8-9H,5H2. The third-order valence-corrected chi connectivity index (χ3v) is 4.90. The number of phenols is 1. The van der Waals surface area contributed by atoms with Crippen molar-refractivity contribution in [1.82, 2.24) is 0 Å². The fourth-order valence-corrected chi connectivity index (χ4v) is 2.48. The molecule has 0 radical (unpaired) electrons. The molecule has 0 saturated carbocycles. The summed E-state index contributed by atoms with van der Waals surface area (Å²) in [7, 11) is 0. The molecule has 0 aromatic heterocycles. The molecule has 0 saturated heterocycles. The van der Waals surface area contributed by atoms with E-state index in [0.717, 1.165) is 24.8 Å². The zero-order valence-corrected chi connectivity index (χ0v) is 23.9. The van der Waals surface area contributed by atoms with Gasteiger partial charge in [-0.15, -0.1) is 0 Å². The second kappa shape index (κ2) is 17.6. The molecule has 208 valence electrons. The third-order valence-electron chi connectivity index (χ3n) is 4.79. The number of phenolic OH excluding ortho intramolecular Hbond substituents is 1. The summed E-state index contributed by atoms with van der Waals surface area (Å²) < 4.78 is 14.6. The van der Waals surface area contributed by atoms with Gasteiger partial charge in [0.15, 0.2) is 0 Å². The molecular formula is C29H43ClO7. The van der Waals surface area contributed by atoms with E-state index in [0.29, 0.717) is 19.0 Å². The molecule has 0 fully saturated rings. The van der Waals surface area contributed by atoms with Crippen molar-refractivity contribution in [3.05, 3.63) is 59.7 Å². The molecule has 2 aromatic carbocycles. The number of hydrogen-bond donors (Lipinski definition) is 2. The Kier molecular flexibility index (Phi) is 16.3. The van der Waals surface area contributed by atoms with Crippen molar-refractivity contribution in [3.63, 3.8) is 0 Å². The Morgan fingerprint density at radius 1 is 0.784 bits per heavy atom. The molecule has 0 amide bonds. The van der Waals surface area contributed by atoms with Crippen molar-refractivity contribution < 1.29 is 34.0 Å². The number of hydrogen-bond acceptors (Lipinski definition) is 7. The van der Waals surface area contributed by atoms with Crippen LogP contribution in [0.15, 0.2) is 48.5 Å². The van der Waals surface area contributed by atoms with Crippen LogP contribution < -0.4 is 4.74 Å². The normalized spacial score (nSPS) is 10.7. The summed E-state index contributed by atoms with van der Waals surface area (Å²) in [6.07, 6.45) is 1.99. The molecule has 2 aromatic rings. The van der Waals surface area contributed by atoms with E-state index >= 15 is 0 Å². The predicted octanol–water partition coefficient (Wildman–Crippen LogP) is 7.88. The van der Waals surface area contributed by atoms with Gasteiger partial charge in [0.25, 0.3) is 0 Å². The highest BCUT2D eigenvalue weighted by molar-refractivity contribution is 6.61. The summed E-state index contributed by atoms with van der Waals surface area (Å²) in [5, 5.41) is 17.3. The van der Waals surface area contributed by atoms with E-state index < -0.39 is 11.6 Å². The van der Waals surface area contributed by atoms with Crippen LogP contribution in [0.25, 0.3) is 0 Å². The van der Waals surface area contributed by atoms with Crippen molar-refractivity contribution in [1.29, 1.82) is 0 Å². The Hall–Kier alpha value is -2.77. The van der Waals surface area contributed by atoms with E-state index in [1.165, 1.54) is 5.56 Å². The number of rotatable bonds is 7. The van der Waals surface area contributed by atoms with E-state index in [1.807, 2.05) is 12.1 Å². The zero-order valence-electron chi connectivity index (χ0n) is 23.2. The van der Waals surface area contributed by atoms with Gasteiger partial charge in [-0.3, -0.25) is 0 Å². The van der Waals surface area contributed by atoms with Crippen LogP contribution >= 0.6 is 11.6 Å². The van der Waals surface area contributed by atoms with Crippen molar-refractivity contribution in [2.24, 2.45) is 10.8 Å². The number of halogens is 1. The lowest BCUT2D eigenvalue weighted by Gasteiger charge is -2.17. The molecule has 0 aliphatic carbocycles. The van der Waals surface area contributed by atoms with Crippen LogP contribution in [-0.2, 0) is 22.5 Å². The molecule has 0 atom stereocenters. The molecule has 7 nitrogen and oxygen atoms in total. The van der Waals surface area contributed by atoms with Crippen LogP contribution in [0.3, 0.4) is 0 Å². The van der Waals surface area contributed by atoms with E-state index in [9.17, 15) is 9.59 Å². The van der Waals surface area contributed by atoms with Gasteiger partial charge in [-0.25, -0.2) is 9.59 Å². The maximum absolute atomic E-state index is 11.4. The number of carbonyl (C=O) groups is 2. The first-order valence-electron chi connectivity index (χ1n) is 12.3. The van der Waals surface area contributed by atoms with Crippen LogP contribution in [-0.4, -0.2) is 35.0 Å². The zero-order chi connectivity index (χ0) is 28.5. The monoisotopic (exact) mass is 538 g/mol. The van der Waals surface area contributed by atoms with Crippen molar-refractivity contribution in [3.8, 4) is 11.5 Å². The predicted molar refractivity (Wildman–Crippen MR) is 147 cm³/mol. The summed E-state index contributed by atoms with van der Waals surface area (Å²) in [6, 6.07) is 13.9. The molecule has 0 bridgehead atoms. The summed E-state index contributed by atoms with van der Waals surface area (Å²) in [4.78, 5) is 21.5. The summed E-state index contributed by atoms with van der Waals surface area (Å²) in [6.45, 7) is 15.4. The molecule has 37 heavy (non-hydrogen) atoms. The highest BCUT2D eigenvalue weighted by Crippen LogP contribution is 2.19. The van der Waals surface area contributed by atoms with Crippen LogP contribution in [0.5, 0.6) is 11.5 Å². The Balaban J connectivity index is 0.000000577. The highest BCUT2D eigenvalue weighted by atomic mass is 35.5. The largest absolute Gasteiger partial charge is 0.513 e. The van der Waals surface area contributed by atoms with E-state index in [1.54, 1.807) is 36.4 Å². The molecule has 2 N–H and O–H groups in total. The molecule has 0 aliphatic heterocycles. The molecule has 8 heteroatoms. The summed E-state index contributed by atoms with van der Waals surface area (Å²) >= 11 is 4.95. The fourth-order valence-electron chi connectivity index (χ4n) is 2.40. The summed E-state index contributed by atoms with van der Waals surface area (Å²) in [5.74, 6) is 0.750. The first-order chi connectivity index (χ1) is 17.1. The third kappa shape index (κ3) is 21.1. The molecule has 0 spiro atoms. The number of aryl methyl sites for hydroxylation is 1. The minimum Gasteiger partial charge on any atom is -0.508 e. The smallest absolute Gasteiger partial charge is 0.508 e. The van der Waals surface area contributed by atoms with Crippen LogP contribution in [0.2, 0.25) is 0 Å². The molecular weight excluding hydrogens is 496 g/mol. The van der Waals surface area contributed by atoms with E-state index in [-0.39, 0.29) is 23.2 Å². The first kappa shape index (κ1) is 34.2. The Morgan fingerprint density at radius 2 is 1.24 bits per heavy atom. The average Bonchev–Trinajstić information content (AvgIpc) is 2.79. The Labute approximate surface area is 226 Å². The molecule has 0 aliphatic rings. The molecule has 0 unspecified atom stereocenters. The second-order valence-corrected chi connectivity index (χ2v) is 11.0. The van der Waals surface area contributed by atoms with E-state index in [2.05, 4.69) is 53.2 Å². The van der Waals surface area contributed by atoms with Crippen molar-refractivity contribution in [2.45, 2.75) is 74.3 Å². The van der Waals surface area contributed by atoms with Gasteiger partial charge in [-0.2, -0.15) is 0 Å². The maximum Gasteiger partial charge on any atom is 0.513 e. The Morgan fingerprint density at radius 3 is 1.65 bits per heavy atom. The van der Waals surface area contributed by atoms with Gasteiger partial charge in [0.1, 0.15) is 11.5 Å². The molecule has 0 heterocycles. The van der Waals surface area contributed by atoms with Crippen LogP contribution in [0, 0.1) is 10.8 Å². The Bertz CT molecular complexity index is 896. The summed E-state index contributed by atoms with van der Waals surface area (Å²) in [5.41, 5.74) is 1.66. The lowest BCUT2D eigenvalue weighted by molar-refractivity contribution is 0.0887. The fraction of sp³-hybridized carbons (Fsp3) is 0.517. The topological polar surface area (TPSA) is 102 Å². The highest BCUT2D eigenvalue weighted by Gasteiger charge is 2.13. The lowest BCUT2D eigenvalue weighted by atomic mass is 9.93. The van der Waals surface area contributed by atoms with Gasteiger partial charge in [-0.1, -0.05) is 72.7 Å². The number of aliphatic hydroxyl groups excluding tert-OH is 1. The van der Waals surface area contributed by atoms with Gasteiger partial charge >= 0.3 is 11.6 Å². The minimum absolute atomic E-state index is 0.0281. The van der Waals surface area contributed by atoms with Gasteiger partial charge in [0, 0.05) is 11.6 Å². The molecule has 2 rings (SSSR count). The van der Waals surface area contributed by atoms with Crippen LogP contribution in [0.1, 0.15) is 72.4 Å². The number of aliphatic hydroxyl groups is 1. The van der Waals surface area contributed by atoms with Crippen molar-refractivity contribution >= 4 is 23.2 Å². The van der Waals surface area contributed by atoms with Crippen LogP contribution in [0.4, 0.5) is 9.59 Å². The quantitative estimate of drug-likeness (QED) is 0.210. The first-order valence-corrected chi connectivity index (χ1v) is 12.7. The maximum atomic E-state index is 11.4. The van der Waals surface area contributed by atoms with E-state index in [4.69, 9.17) is 31.3 Å². The minimum atomic E-state index is -0.718. The number of carbonyl (C=O) groups excluding carboxylic acids is 2. The van der Waals surface area contributed by atoms with Gasteiger partial charge in [0.2, 0.25) is 0 Å². The van der Waals surface area contributed by atoms with Gasteiger partial charge in [0.05, 0.1) is 19.8 Å².